The molecule has 37 heavy (non-hydrogen) atoms. The van der Waals surface area contributed by atoms with Crippen LogP contribution in [0.1, 0.15) is 24.2 Å². The number of amides is 2. The summed E-state index contributed by atoms with van der Waals surface area (Å²) in [6, 6.07) is 12.9. The van der Waals surface area contributed by atoms with E-state index in [2.05, 4.69) is 31.6 Å². The number of alkyl halides is 2. The Kier molecular flexibility index (Phi) is 8.82. The van der Waals surface area contributed by atoms with Gasteiger partial charge in [0.15, 0.2) is 0 Å². The predicted octanol–water partition coefficient (Wildman–Crippen LogP) is 5.16. The van der Waals surface area contributed by atoms with Crippen molar-refractivity contribution >= 4 is 54.7 Å². The Hall–Kier alpha value is -3.38. The third-order valence-corrected chi connectivity index (χ3v) is 10.6. The number of hydrogen-bond acceptors (Lipinski definition) is 6. The van der Waals surface area contributed by atoms with E-state index in [9.17, 15) is 14.4 Å². The van der Waals surface area contributed by atoms with E-state index >= 15 is 0 Å². The van der Waals surface area contributed by atoms with Crippen LogP contribution in [0.2, 0.25) is 0 Å². The number of hydrogen-bond donors (Lipinski definition) is 2. The normalized spacial score (nSPS) is 12.2. The molecule has 0 bridgehead atoms. The van der Waals surface area contributed by atoms with Crippen molar-refractivity contribution in [1.82, 2.24) is 18.1 Å². The van der Waals surface area contributed by atoms with Crippen molar-refractivity contribution in [2.45, 2.75) is 19.9 Å². The van der Waals surface area contributed by atoms with Crippen molar-refractivity contribution in [3.63, 3.8) is 0 Å². The van der Waals surface area contributed by atoms with E-state index in [1.165, 1.54) is 11.3 Å². The Labute approximate surface area is 227 Å². The average Bonchev–Trinajstić information content (AvgIpc) is 3.58. The molecule has 1 atom stereocenters. The number of aromatic nitrogens is 3. The average molecular weight is 630 g/mol. The third-order valence-electron chi connectivity index (χ3n) is 5.68. The van der Waals surface area contributed by atoms with Crippen LogP contribution in [0.25, 0.3) is 22.4 Å². The predicted molar refractivity (Wildman–Crippen MR) is 156 cm³/mol. The van der Waals surface area contributed by atoms with E-state index in [0.29, 0.717) is 15.1 Å². The molecule has 3 heterocycles. The Morgan fingerprint density at radius 1 is 1.11 bits per heavy atom. The second-order valence-corrected chi connectivity index (χ2v) is 14.7. The quantitative estimate of drug-likeness (QED) is 0.143. The van der Waals surface area contributed by atoms with Gasteiger partial charge in [0.1, 0.15) is 0 Å². The van der Waals surface area contributed by atoms with Gasteiger partial charge in [-0.1, -0.05) is 18.2 Å². The number of thiazole rings is 1. The summed E-state index contributed by atoms with van der Waals surface area (Å²) < 4.78 is 2.49. The zero-order chi connectivity index (χ0) is 26.4. The van der Waals surface area contributed by atoms with Gasteiger partial charge in [0.25, 0.3) is 0 Å². The number of nitrogens with zero attached hydrogens (tertiary/aromatic N) is 3. The van der Waals surface area contributed by atoms with Gasteiger partial charge in [0.05, 0.1) is 0 Å². The standard InChI is InChI=1S/C27H28IN5O3S/c1-18(2)24(31-25(35)22-9-13-33(16-22)28(3)10-14-34)26(36)32-27-30-23(17-37-27)21-6-4-5-20(15-21)19-7-11-29-12-8-19/h4-9,11-18,24H,10H2,1-3H3,(H,31,35)(H,30,32,36)/t24-/m0/s1. The van der Waals surface area contributed by atoms with Gasteiger partial charge < -0.3 is 0 Å². The van der Waals surface area contributed by atoms with Crippen LogP contribution in [0.15, 0.2) is 72.6 Å². The molecule has 0 saturated carbocycles. The van der Waals surface area contributed by atoms with Crippen LogP contribution in [0.5, 0.6) is 0 Å². The number of carbonyl (C=O) groups is 3. The molecule has 192 valence electrons. The van der Waals surface area contributed by atoms with Crippen LogP contribution in [0.3, 0.4) is 0 Å². The molecule has 0 spiro atoms. The summed E-state index contributed by atoms with van der Waals surface area (Å²) in [6.07, 6.45) is 8.02. The number of nitrogens with one attached hydrogen (secondary N) is 2. The first-order valence-corrected chi connectivity index (χ1v) is 17.1. The van der Waals surface area contributed by atoms with E-state index in [0.717, 1.165) is 28.7 Å². The number of anilines is 1. The molecule has 0 fully saturated rings. The number of halogens is 1. The van der Waals surface area contributed by atoms with E-state index in [1.54, 1.807) is 24.7 Å². The monoisotopic (exact) mass is 629 g/mol. The van der Waals surface area contributed by atoms with Crippen molar-refractivity contribution in [2.75, 3.05) is 14.7 Å². The summed E-state index contributed by atoms with van der Waals surface area (Å²) >= 11 is -0.313. The molecule has 0 aliphatic carbocycles. The van der Waals surface area contributed by atoms with Crippen molar-refractivity contribution in [3.05, 3.63) is 78.2 Å². The molecule has 0 unspecified atom stereocenters. The summed E-state index contributed by atoms with van der Waals surface area (Å²) in [5, 5.41) is 8.09. The van der Waals surface area contributed by atoms with Crippen molar-refractivity contribution in [1.29, 1.82) is 0 Å². The topological polar surface area (TPSA) is 106 Å². The zero-order valence-corrected chi connectivity index (χ0v) is 23.7. The van der Waals surface area contributed by atoms with Crippen molar-refractivity contribution < 1.29 is 14.4 Å². The van der Waals surface area contributed by atoms with E-state index in [4.69, 9.17) is 0 Å². The molecule has 2 amide bonds. The Morgan fingerprint density at radius 3 is 2.59 bits per heavy atom. The molecule has 2 N–H and O–H groups in total. The first-order valence-electron chi connectivity index (χ1n) is 11.6. The van der Waals surface area contributed by atoms with Crippen molar-refractivity contribution in [3.8, 4) is 22.4 Å². The Morgan fingerprint density at radius 2 is 1.86 bits per heavy atom. The molecule has 0 aliphatic rings. The Bertz CT molecular complexity index is 1390. The second kappa shape index (κ2) is 12.2. The number of rotatable bonds is 10. The van der Waals surface area contributed by atoms with Crippen molar-refractivity contribution in [2.24, 2.45) is 5.92 Å². The van der Waals surface area contributed by atoms with Crippen LogP contribution >= 0.6 is 31.4 Å². The van der Waals surface area contributed by atoms with Crippen LogP contribution in [0, 0.1) is 5.92 Å². The first-order chi connectivity index (χ1) is 17.9. The fourth-order valence-corrected chi connectivity index (χ4v) is 6.85. The maximum atomic E-state index is 13.1. The van der Waals surface area contributed by atoms with Gasteiger partial charge in [-0.05, 0) is 29.3 Å². The summed E-state index contributed by atoms with van der Waals surface area (Å²) in [4.78, 5) is 47.5. The van der Waals surface area contributed by atoms with Crippen LogP contribution in [0.4, 0.5) is 5.13 Å². The molecule has 8 nitrogen and oxygen atoms in total. The molecule has 0 saturated heterocycles. The van der Waals surface area contributed by atoms with E-state index < -0.39 is 26.1 Å². The number of pyridine rings is 1. The van der Waals surface area contributed by atoms with Gasteiger partial charge in [-0.25, -0.2) is 0 Å². The van der Waals surface area contributed by atoms with E-state index in [1.807, 2.05) is 58.5 Å². The Balaban J connectivity index is 1.44. The minimum atomic E-state index is -1.65. The summed E-state index contributed by atoms with van der Waals surface area (Å²) in [5.74, 6) is -0.776. The summed E-state index contributed by atoms with van der Waals surface area (Å²) in [5.41, 5.74) is 4.29. The number of benzene rings is 1. The number of carbonyl (C=O) groups excluding carboxylic acids is 3. The summed E-state index contributed by atoms with van der Waals surface area (Å²) in [6.45, 7) is 3.76. The molecule has 10 heteroatoms. The van der Waals surface area contributed by atoms with Crippen LogP contribution in [-0.2, 0) is 9.59 Å². The first kappa shape index (κ1) is 26.7. The minimum absolute atomic E-state index is 0.132. The zero-order valence-electron chi connectivity index (χ0n) is 20.7. The van der Waals surface area contributed by atoms with Gasteiger partial charge in [-0.2, -0.15) is 0 Å². The molecule has 3 aromatic heterocycles. The second-order valence-electron chi connectivity index (χ2n) is 8.66. The summed E-state index contributed by atoms with van der Waals surface area (Å²) in [7, 11) is 0. The SMILES string of the molecule is CC(C)[C@H](NC(=O)c1ccn(I(C)CC=O)c1)C(=O)Nc1nc(-c2cccc(-c3ccncc3)c2)cs1. The fourth-order valence-electron chi connectivity index (χ4n) is 3.66. The fraction of sp³-hybridized carbons (Fsp3) is 0.222. The molecule has 0 radical (unpaired) electrons. The third kappa shape index (κ3) is 6.69. The van der Waals surface area contributed by atoms with Gasteiger partial charge in [-0.15, -0.1) is 0 Å². The van der Waals surface area contributed by atoms with Crippen LogP contribution in [-0.4, -0.2) is 46.2 Å². The number of aldehydes is 1. The maximum absolute atomic E-state index is 13.1. The van der Waals surface area contributed by atoms with Gasteiger partial charge in [0.2, 0.25) is 0 Å². The molecular formula is C27H28IN5O3S. The van der Waals surface area contributed by atoms with E-state index in [-0.39, 0.29) is 17.7 Å². The van der Waals surface area contributed by atoms with Gasteiger partial charge in [0, 0.05) is 12.4 Å². The van der Waals surface area contributed by atoms with Crippen LogP contribution < -0.4 is 10.6 Å². The molecule has 1 aromatic carbocycles. The molecule has 4 rings (SSSR count). The molecular weight excluding hydrogens is 601 g/mol. The van der Waals surface area contributed by atoms with Gasteiger partial charge in [-0.3, -0.25) is 4.98 Å². The molecule has 0 aliphatic heterocycles. The molecule has 4 aromatic rings. The van der Waals surface area contributed by atoms with Gasteiger partial charge >= 0.3 is 163 Å².